The monoisotopic (exact) mass is 428 g/mol. The molecule has 166 valence electrons. The van der Waals surface area contributed by atoms with E-state index in [-0.39, 0.29) is 17.2 Å². The number of nitrogens with one attached hydrogen (secondary N) is 2. The quantitative estimate of drug-likeness (QED) is 0.721. The Morgan fingerprint density at radius 1 is 1.10 bits per heavy atom. The molecule has 1 aromatic carbocycles. The highest BCUT2D eigenvalue weighted by Crippen LogP contribution is 2.17. The van der Waals surface area contributed by atoms with E-state index >= 15 is 0 Å². The summed E-state index contributed by atoms with van der Waals surface area (Å²) in [5.41, 5.74) is 0.506. The Morgan fingerprint density at radius 3 is 2.58 bits per heavy atom. The van der Waals surface area contributed by atoms with Crippen molar-refractivity contribution in [3.8, 4) is 0 Å². The van der Waals surface area contributed by atoms with E-state index in [1.165, 1.54) is 19.1 Å². The first-order valence-corrected chi connectivity index (χ1v) is 10.6. The lowest BCUT2D eigenvalue weighted by Crippen LogP contribution is -2.46. The average molecular weight is 428 g/mol. The van der Waals surface area contributed by atoms with Gasteiger partial charge in [0.2, 0.25) is 0 Å². The molecule has 1 aliphatic rings. The molecule has 0 unspecified atom stereocenters. The molecular weight excluding hydrogens is 400 g/mol. The number of amides is 3. The molecule has 2 aromatic rings. The Labute approximate surface area is 180 Å². The maximum Gasteiger partial charge on any atom is 0.338 e. The van der Waals surface area contributed by atoms with E-state index < -0.39 is 24.0 Å². The zero-order valence-electron chi connectivity index (χ0n) is 18.1. The van der Waals surface area contributed by atoms with E-state index in [1.54, 1.807) is 24.5 Å². The molecule has 1 atom stereocenters. The van der Waals surface area contributed by atoms with Crippen LogP contribution in [0, 0.1) is 0 Å². The minimum absolute atomic E-state index is 0.106. The number of aromatic nitrogens is 2. The summed E-state index contributed by atoms with van der Waals surface area (Å²) >= 11 is 0. The van der Waals surface area contributed by atoms with Gasteiger partial charge in [-0.15, -0.1) is 0 Å². The first kappa shape index (κ1) is 22.5. The first-order valence-electron chi connectivity index (χ1n) is 10.6. The Bertz CT molecular complexity index is 1060. The smallest absolute Gasteiger partial charge is 0.338 e. The Kier molecular flexibility index (Phi) is 7.04. The largest absolute Gasteiger partial charge is 0.449 e. The summed E-state index contributed by atoms with van der Waals surface area (Å²) in [7, 11) is 0. The normalized spacial score (nSPS) is 14.8. The lowest BCUT2D eigenvalue weighted by atomic mass is 10.1. The highest BCUT2D eigenvalue weighted by atomic mass is 16.5. The molecule has 0 radical (unpaired) electrons. The molecule has 9 heteroatoms. The predicted molar refractivity (Wildman–Crippen MR) is 115 cm³/mol. The average Bonchev–Trinajstić information content (AvgIpc) is 2.68. The summed E-state index contributed by atoms with van der Waals surface area (Å²) in [4.78, 5) is 53.8. The maximum atomic E-state index is 12.9. The molecule has 0 saturated carbocycles. The van der Waals surface area contributed by atoms with E-state index in [4.69, 9.17) is 4.74 Å². The van der Waals surface area contributed by atoms with Crippen LogP contribution in [0.1, 0.15) is 62.6 Å². The third kappa shape index (κ3) is 5.48. The van der Waals surface area contributed by atoms with Crippen LogP contribution in [0.5, 0.6) is 0 Å². The number of carbonyl (C=O) groups is 3. The van der Waals surface area contributed by atoms with Gasteiger partial charge in [0, 0.05) is 19.0 Å². The van der Waals surface area contributed by atoms with E-state index in [2.05, 4.69) is 15.6 Å². The summed E-state index contributed by atoms with van der Waals surface area (Å²) < 4.78 is 6.92. The lowest BCUT2D eigenvalue weighted by molar-refractivity contribution is -0.127. The Balaban J connectivity index is 1.77. The molecule has 0 aliphatic carbocycles. The van der Waals surface area contributed by atoms with Crippen molar-refractivity contribution >= 4 is 28.8 Å². The molecule has 0 fully saturated rings. The van der Waals surface area contributed by atoms with E-state index in [9.17, 15) is 19.2 Å². The van der Waals surface area contributed by atoms with Crippen molar-refractivity contribution in [3.05, 3.63) is 39.9 Å². The van der Waals surface area contributed by atoms with Gasteiger partial charge in [-0.2, -0.15) is 0 Å². The third-order valence-corrected chi connectivity index (χ3v) is 5.11. The van der Waals surface area contributed by atoms with Crippen molar-refractivity contribution in [1.29, 1.82) is 0 Å². The van der Waals surface area contributed by atoms with Gasteiger partial charge in [0.05, 0.1) is 16.5 Å². The number of benzene rings is 1. The second kappa shape index (κ2) is 9.72. The number of rotatable bonds is 4. The van der Waals surface area contributed by atoms with Gasteiger partial charge >= 0.3 is 12.0 Å². The Hall–Kier alpha value is -3.23. The second-order valence-corrected chi connectivity index (χ2v) is 8.05. The van der Waals surface area contributed by atoms with Crippen LogP contribution in [0.2, 0.25) is 0 Å². The maximum absolute atomic E-state index is 12.9. The van der Waals surface area contributed by atoms with Crippen LogP contribution in [0.15, 0.2) is 23.0 Å². The topological polar surface area (TPSA) is 119 Å². The van der Waals surface area contributed by atoms with E-state index in [0.717, 1.165) is 37.9 Å². The molecule has 0 spiro atoms. The number of aryl methyl sites for hydroxylation is 1. The summed E-state index contributed by atoms with van der Waals surface area (Å²) in [6, 6.07) is 3.76. The Morgan fingerprint density at radius 2 is 1.84 bits per heavy atom. The SMILES string of the molecule is CC(C)NC(=O)NC(=O)[C@H](C)OC(=O)c1ccc2c(=O)n3c(nc2c1)CCCCCC3. The number of imide groups is 1. The summed E-state index contributed by atoms with van der Waals surface area (Å²) in [6.45, 7) is 5.55. The fourth-order valence-corrected chi connectivity index (χ4v) is 3.52. The van der Waals surface area contributed by atoms with Gasteiger partial charge in [0.15, 0.2) is 6.10 Å². The summed E-state index contributed by atoms with van der Waals surface area (Å²) in [5, 5.41) is 5.09. The lowest BCUT2D eigenvalue weighted by Gasteiger charge is -2.17. The first-order chi connectivity index (χ1) is 14.8. The molecule has 3 rings (SSSR count). The molecule has 1 aromatic heterocycles. The molecule has 1 aliphatic heterocycles. The molecule has 0 bridgehead atoms. The van der Waals surface area contributed by atoms with Crippen LogP contribution in [0.3, 0.4) is 0 Å². The molecular formula is C22H28N4O5. The van der Waals surface area contributed by atoms with Gasteiger partial charge < -0.3 is 10.1 Å². The van der Waals surface area contributed by atoms with Crippen molar-refractivity contribution in [3.63, 3.8) is 0 Å². The van der Waals surface area contributed by atoms with Gasteiger partial charge in [0.1, 0.15) is 5.82 Å². The van der Waals surface area contributed by atoms with Crippen molar-refractivity contribution in [2.24, 2.45) is 0 Å². The molecule has 9 nitrogen and oxygen atoms in total. The third-order valence-electron chi connectivity index (χ3n) is 5.11. The van der Waals surface area contributed by atoms with Crippen LogP contribution in [0.25, 0.3) is 10.9 Å². The molecule has 3 amide bonds. The zero-order valence-corrected chi connectivity index (χ0v) is 18.1. The van der Waals surface area contributed by atoms with Crippen LogP contribution < -0.4 is 16.2 Å². The van der Waals surface area contributed by atoms with Gasteiger partial charge in [-0.1, -0.05) is 12.8 Å². The predicted octanol–water partition coefficient (Wildman–Crippen LogP) is 2.29. The number of carbonyl (C=O) groups excluding carboxylic acids is 3. The zero-order chi connectivity index (χ0) is 22.5. The highest BCUT2D eigenvalue weighted by Gasteiger charge is 2.22. The number of urea groups is 1. The van der Waals surface area contributed by atoms with Crippen molar-refractivity contribution < 1.29 is 19.1 Å². The number of esters is 1. The summed E-state index contributed by atoms with van der Waals surface area (Å²) in [6.07, 6.45) is 3.66. The second-order valence-electron chi connectivity index (χ2n) is 8.05. The van der Waals surface area contributed by atoms with Crippen molar-refractivity contribution in [2.45, 2.75) is 71.6 Å². The van der Waals surface area contributed by atoms with Gasteiger partial charge in [0.25, 0.3) is 11.5 Å². The summed E-state index contributed by atoms with van der Waals surface area (Å²) in [5.74, 6) is -0.737. The minimum atomic E-state index is -1.17. The number of nitrogens with zero attached hydrogens (tertiary/aromatic N) is 2. The fraction of sp³-hybridized carbons (Fsp3) is 0.500. The number of hydrogen-bond acceptors (Lipinski definition) is 6. The van der Waals surface area contributed by atoms with Crippen LogP contribution >= 0.6 is 0 Å². The number of hydrogen-bond donors (Lipinski definition) is 2. The van der Waals surface area contributed by atoms with Gasteiger partial charge in [-0.3, -0.25) is 19.5 Å². The van der Waals surface area contributed by atoms with Gasteiger partial charge in [-0.25, -0.2) is 14.6 Å². The fourth-order valence-electron chi connectivity index (χ4n) is 3.52. The molecule has 2 N–H and O–H groups in total. The molecule has 2 heterocycles. The molecule has 0 saturated heterocycles. The van der Waals surface area contributed by atoms with Crippen LogP contribution in [0.4, 0.5) is 4.79 Å². The highest BCUT2D eigenvalue weighted by molar-refractivity contribution is 5.99. The van der Waals surface area contributed by atoms with E-state index in [0.29, 0.717) is 17.4 Å². The van der Waals surface area contributed by atoms with E-state index in [1.807, 2.05) is 0 Å². The number of fused-ring (bicyclic) bond motifs is 2. The van der Waals surface area contributed by atoms with Crippen LogP contribution in [-0.4, -0.2) is 39.6 Å². The van der Waals surface area contributed by atoms with Crippen molar-refractivity contribution in [2.75, 3.05) is 0 Å². The van der Waals surface area contributed by atoms with Gasteiger partial charge in [-0.05, 0) is 51.8 Å². The van der Waals surface area contributed by atoms with Crippen LogP contribution in [-0.2, 0) is 22.5 Å². The molecule has 31 heavy (non-hydrogen) atoms. The van der Waals surface area contributed by atoms with Crippen molar-refractivity contribution in [1.82, 2.24) is 20.2 Å². The number of ether oxygens (including phenoxy) is 1. The minimum Gasteiger partial charge on any atom is -0.449 e. The standard InChI is InChI=1S/C22H28N4O5/c1-13(2)23-22(30)25-19(27)14(3)31-21(29)15-9-10-16-17(12-15)24-18-8-6-4-5-7-11-26(18)20(16)28/h9-10,12-14H,4-8,11H2,1-3H3,(H2,23,25,27,30)/t14-/m0/s1.